The molecule has 0 bridgehead atoms. The van der Waals surface area contributed by atoms with Crippen LogP contribution in [0.3, 0.4) is 0 Å². The summed E-state index contributed by atoms with van der Waals surface area (Å²) >= 11 is 0. The van der Waals surface area contributed by atoms with Crippen LogP contribution in [0, 0.1) is 0 Å². The molecule has 3 aromatic rings. The van der Waals surface area contributed by atoms with Crippen molar-refractivity contribution in [1.29, 1.82) is 0 Å². The molecular weight excluding hydrogens is 422 g/mol. The topological polar surface area (TPSA) is 88.9 Å². The minimum Gasteiger partial charge on any atom is -0.349 e. The number of rotatable bonds is 10. The first-order chi connectivity index (χ1) is 15.2. The van der Waals surface area contributed by atoms with Crippen molar-refractivity contribution in [3.05, 3.63) is 70.8 Å². The van der Waals surface area contributed by atoms with E-state index >= 15 is 0 Å². The predicted octanol–water partition coefficient (Wildman–Crippen LogP) is 4.95. The van der Waals surface area contributed by atoms with Crippen molar-refractivity contribution < 1.29 is 8.42 Å². The Hall–Kier alpha value is -2.87. The van der Waals surface area contributed by atoms with Gasteiger partial charge in [-0.3, -0.25) is 0 Å². The normalized spacial score (nSPS) is 11.8. The average molecular weight is 456 g/mol. The molecule has 8 heteroatoms. The van der Waals surface area contributed by atoms with Gasteiger partial charge in [-0.1, -0.05) is 76.2 Å². The molecule has 1 aromatic heterocycles. The van der Waals surface area contributed by atoms with Crippen LogP contribution >= 0.6 is 0 Å². The molecule has 32 heavy (non-hydrogen) atoms. The third-order valence-corrected chi connectivity index (χ3v) is 6.91. The minimum atomic E-state index is -3.59. The number of hydrogen-bond acceptors (Lipinski definition) is 6. The summed E-state index contributed by atoms with van der Waals surface area (Å²) in [7, 11) is -3.59. The van der Waals surface area contributed by atoms with E-state index in [9.17, 15) is 8.42 Å². The second-order valence-electron chi connectivity index (χ2n) is 8.50. The maximum absolute atomic E-state index is 12.5. The van der Waals surface area contributed by atoms with Gasteiger partial charge < -0.3 is 10.6 Å². The fraction of sp³-hybridized carbons (Fsp3) is 0.417. The molecule has 0 saturated heterocycles. The summed E-state index contributed by atoms with van der Waals surface area (Å²) in [5, 5.41) is 10.5. The Kier molecular flexibility index (Phi) is 7.56. The predicted molar refractivity (Wildman–Crippen MR) is 131 cm³/mol. The quantitative estimate of drug-likeness (QED) is 0.450. The van der Waals surface area contributed by atoms with E-state index in [1.54, 1.807) is 6.92 Å². The lowest BCUT2D eigenvalue weighted by Crippen LogP contribution is -2.19. The molecule has 7 nitrogen and oxygen atoms in total. The van der Waals surface area contributed by atoms with Crippen LogP contribution < -0.4 is 10.6 Å². The van der Waals surface area contributed by atoms with E-state index in [1.807, 2.05) is 12.1 Å². The van der Waals surface area contributed by atoms with Crippen LogP contribution in [0.4, 0.5) is 11.9 Å². The first-order valence-corrected chi connectivity index (χ1v) is 12.7. The molecule has 0 fully saturated rings. The molecule has 0 spiro atoms. The molecule has 0 radical (unpaired) electrons. The molecule has 2 aromatic carbocycles. The van der Waals surface area contributed by atoms with Crippen LogP contribution in [0.1, 0.15) is 68.7 Å². The van der Waals surface area contributed by atoms with Crippen LogP contribution in [-0.2, 0) is 23.1 Å². The highest BCUT2D eigenvalue weighted by atomic mass is 32.2. The van der Waals surface area contributed by atoms with Crippen LogP contribution in [-0.4, -0.2) is 28.3 Å². The average Bonchev–Trinajstić information content (AvgIpc) is 3.21. The summed E-state index contributed by atoms with van der Waals surface area (Å²) in [6, 6.07) is 16.6. The van der Waals surface area contributed by atoms with Crippen molar-refractivity contribution in [3.63, 3.8) is 0 Å². The van der Waals surface area contributed by atoms with Gasteiger partial charge in [0.15, 0.2) is 0 Å². The van der Waals surface area contributed by atoms with E-state index in [1.165, 1.54) is 11.1 Å². The molecule has 0 unspecified atom stereocenters. The van der Waals surface area contributed by atoms with E-state index in [0.29, 0.717) is 24.9 Å². The van der Waals surface area contributed by atoms with Crippen molar-refractivity contribution in [2.24, 2.45) is 0 Å². The van der Waals surface area contributed by atoms with Crippen molar-refractivity contribution in [1.82, 2.24) is 14.2 Å². The first-order valence-electron chi connectivity index (χ1n) is 11.0. The Balaban J connectivity index is 1.73. The third-order valence-electron chi connectivity index (χ3n) is 5.40. The molecule has 0 amide bonds. The smallest absolute Gasteiger partial charge is 0.256 e. The largest absolute Gasteiger partial charge is 0.349 e. The summed E-state index contributed by atoms with van der Waals surface area (Å²) in [6.07, 6.45) is 0. The lowest BCUT2D eigenvalue weighted by molar-refractivity contribution is 0.582. The molecule has 3 rings (SSSR count). The summed E-state index contributed by atoms with van der Waals surface area (Å²) in [4.78, 5) is 4.40. The SMILES string of the molecule is CCS(=O)(=O)n1nc(NCc2ccc(C(C)C)cc2)nc1NCc1ccc(C(C)C)cc1. The number of nitrogens with one attached hydrogen (secondary N) is 2. The van der Waals surface area contributed by atoms with Gasteiger partial charge in [0.1, 0.15) is 0 Å². The molecule has 0 saturated carbocycles. The Bertz CT molecular complexity index is 1120. The maximum atomic E-state index is 12.5. The third kappa shape index (κ3) is 5.88. The Morgan fingerprint density at radius 1 is 0.812 bits per heavy atom. The van der Waals surface area contributed by atoms with E-state index in [-0.39, 0.29) is 17.6 Å². The lowest BCUT2D eigenvalue weighted by atomic mass is 10.0. The second kappa shape index (κ2) is 10.2. The number of nitrogens with zero attached hydrogens (tertiary/aromatic N) is 3. The summed E-state index contributed by atoms with van der Waals surface area (Å²) in [5.74, 6) is 1.35. The van der Waals surface area contributed by atoms with Gasteiger partial charge in [0.05, 0.1) is 5.75 Å². The number of aromatic nitrogens is 3. The van der Waals surface area contributed by atoms with E-state index in [2.05, 4.69) is 84.8 Å². The van der Waals surface area contributed by atoms with Gasteiger partial charge in [-0.15, -0.1) is 9.19 Å². The van der Waals surface area contributed by atoms with Crippen LogP contribution in [0.2, 0.25) is 0 Å². The van der Waals surface area contributed by atoms with Gasteiger partial charge in [-0.2, -0.15) is 4.98 Å². The maximum Gasteiger partial charge on any atom is 0.256 e. The zero-order chi connectivity index (χ0) is 23.3. The van der Waals surface area contributed by atoms with Gasteiger partial charge in [-0.05, 0) is 41.0 Å². The van der Waals surface area contributed by atoms with Gasteiger partial charge in [-0.25, -0.2) is 8.42 Å². The Morgan fingerprint density at radius 2 is 1.28 bits per heavy atom. The van der Waals surface area contributed by atoms with E-state index in [4.69, 9.17) is 0 Å². The summed E-state index contributed by atoms with van der Waals surface area (Å²) < 4.78 is 26.1. The van der Waals surface area contributed by atoms with Crippen LogP contribution in [0.5, 0.6) is 0 Å². The first kappa shape index (κ1) is 23.8. The molecular formula is C24H33N5O2S. The molecule has 0 aliphatic heterocycles. The highest BCUT2D eigenvalue weighted by molar-refractivity contribution is 7.89. The standard InChI is InChI=1S/C24H33N5O2S/c1-6-32(30,31)29-24(26-16-20-9-13-22(14-10-20)18(4)5)27-23(28-29)25-15-19-7-11-21(12-8-19)17(2)3/h7-14,17-18H,6,15-16H2,1-5H3,(H2,25,26,27,28). The lowest BCUT2D eigenvalue weighted by Gasteiger charge is -2.09. The zero-order valence-electron chi connectivity index (χ0n) is 19.5. The van der Waals surface area contributed by atoms with Crippen LogP contribution in [0.25, 0.3) is 0 Å². The fourth-order valence-corrected chi connectivity index (χ4v) is 4.02. The fourth-order valence-electron chi connectivity index (χ4n) is 3.20. The molecule has 0 aliphatic rings. The molecule has 2 N–H and O–H groups in total. The second-order valence-corrected chi connectivity index (χ2v) is 10.6. The van der Waals surface area contributed by atoms with Crippen molar-refractivity contribution in [2.75, 3.05) is 16.4 Å². The summed E-state index contributed by atoms with van der Waals surface area (Å²) in [5.41, 5.74) is 4.65. The molecule has 172 valence electrons. The Morgan fingerprint density at radius 3 is 1.72 bits per heavy atom. The van der Waals surface area contributed by atoms with Crippen molar-refractivity contribution >= 4 is 21.9 Å². The number of anilines is 2. The zero-order valence-corrected chi connectivity index (χ0v) is 20.3. The Labute approximate surface area is 191 Å². The van der Waals surface area contributed by atoms with Gasteiger partial charge in [0.25, 0.3) is 10.0 Å². The monoisotopic (exact) mass is 455 g/mol. The van der Waals surface area contributed by atoms with Crippen LogP contribution in [0.15, 0.2) is 48.5 Å². The number of hydrogen-bond donors (Lipinski definition) is 2. The van der Waals surface area contributed by atoms with Crippen molar-refractivity contribution in [2.45, 2.75) is 59.5 Å². The highest BCUT2D eigenvalue weighted by Gasteiger charge is 2.20. The summed E-state index contributed by atoms with van der Waals surface area (Å²) in [6.45, 7) is 11.2. The van der Waals surface area contributed by atoms with Crippen molar-refractivity contribution in [3.8, 4) is 0 Å². The minimum absolute atomic E-state index is 0.0652. The highest BCUT2D eigenvalue weighted by Crippen LogP contribution is 2.18. The van der Waals surface area contributed by atoms with Gasteiger partial charge >= 0.3 is 0 Å². The van der Waals surface area contributed by atoms with Gasteiger partial charge in [0, 0.05) is 13.1 Å². The number of benzene rings is 2. The van der Waals surface area contributed by atoms with Gasteiger partial charge in [0.2, 0.25) is 11.9 Å². The molecule has 0 atom stereocenters. The molecule has 0 aliphatic carbocycles. The van der Waals surface area contributed by atoms with E-state index in [0.717, 1.165) is 15.2 Å². The van der Waals surface area contributed by atoms with E-state index < -0.39 is 10.0 Å². The molecule has 1 heterocycles.